The van der Waals surface area contributed by atoms with Crippen LogP contribution in [0.25, 0.3) is 0 Å². The van der Waals surface area contributed by atoms with E-state index < -0.39 is 0 Å². The molecule has 1 fully saturated rings. The van der Waals surface area contributed by atoms with Gasteiger partial charge < -0.3 is 10.2 Å². The van der Waals surface area contributed by atoms with Gasteiger partial charge in [-0.15, -0.1) is 0 Å². The van der Waals surface area contributed by atoms with E-state index in [0.29, 0.717) is 11.6 Å². The summed E-state index contributed by atoms with van der Waals surface area (Å²) in [4.78, 5) is 18.2. The Morgan fingerprint density at radius 2 is 2.10 bits per heavy atom. The van der Waals surface area contributed by atoms with Crippen molar-refractivity contribution in [3.05, 3.63) is 52.8 Å². The molecule has 0 unspecified atom stereocenters. The highest BCUT2D eigenvalue weighted by molar-refractivity contribution is 6.31. The smallest absolute Gasteiger partial charge is 0.217 e. The van der Waals surface area contributed by atoms with Crippen molar-refractivity contribution in [3.63, 3.8) is 0 Å². The Labute approximate surface area is 187 Å². The molecule has 1 aromatic heterocycles. The van der Waals surface area contributed by atoms with Crippen molar-refractivity contribution in [2.24, 2.45) is 5.10 Å². The van der Waals surface area contributed by atoms with Gasteiger partial charge in [0.25, 0.3) is 0 Å². The minimum atomic E-state index is -0.127. The van der Waals surface area contributed by atoms with Gasteiger partial charge in [-0.3, -0.25) is 19.8 Å². The van der Waals surface area contributed by atoms with Crippen LogP contribution in [-0.2, 0) is 11.3 Å². The highest BCUT2D eigenvalue weighted by atomic mass is 35.5. The van der Waals surface area contributed by atoms with Crippen molar-refractivity contribution in [1.82, 2.24) is 36.2 Å². The highest BCUT2D eigenvalue weighted by Crippen LogP contribution is 2.29. The molecule has 1 amide bonds. The Hall–Kier alpha value is -2.78. The number of hydrogen-bond donors (Lipinski definition) is 3. The van der Waals surface area contributed by atoms with Gasteiger partial charge in [-0.1, -0.05) is 11.6 Å². The number of fused-ring (bicyclic) bond motifs is 1. The predicted molar refractivity (Wildman–Crippen MR) is 120 cm³/mol. The van der Waals surface area contributed by atoms with E-state index in [2.05, 4.69) is 58.2 Å². The maximum atomic E-state index is 11.5. The molecular weight excluding hydrogens is 416 g/mol. The maximum Gasteiger partial charge on any atom is 0.217 e. The average Bonchev–Trinajstić information content (AvgIpc) is 3.29. The molecule has 1 aromatic rings. The fraction of sp³-hybridized carbons (Fsp3) is 0.476. The third kappa shape index (κ3) is 4.94. The van der Waals surface area contributed by atoms with E-state index in [-0.39, 0.29) is 17.5 Å². The summed E-state index contributed by atoms with van der Waals surface area (Å²) >= 11 is 6.33. The number of pyridine rings is 1. The Morgan fingerprint density at radius 1 is 1.32 bits per heavy atom. The number of hydrazone groups is 1. The topological polar surface area (TPSA) is 88.1 Å². The molecule has 31 heavy (non-hydrogen) atoms. The second kappa shape index (κ2) is 8.39. The molecular formula is C21H29ClN8O. The Kier molecular flexibility index (Phi) is 5.81. The van der Waals surface area contributed by atoms with Crippen molar-refractivity contribution < 1.29 is 4.79 Å². The molecule has 10 heteroatoms. The van der Waals surface area contributed by atoms with Crippen LogP contribution in [0.3, 0.4) is 0 Å². The molecule has 3 N–H and O–H groups in total. The van der Waals surface area contributed by atoms with E-state index in [9.17, 15) is 4.79 Å². The Balaban J connectivity index is 1.58. The van der Waals surface area contributed by atoms with Crippen LogP contribution >= 0.6 is 11.6 Å². The van der Waals surface area contributed by atoms with Gasteiger partial charge in [0, 0.05) is 50.2 Å². The summed E-state index contributed by atoms with van der Waals surface area (Å²) in [6.45, 7) is 9.97. The van der Waals surface area contributed by atoms with Gasteiger partial charge in [-0.05, 0) is 39.3 Å². The van der Waals surface area contributed by atoms with Crippen LogP contribution in [0.5, 0.6) is 0 Å². The van der Waals surface area contributed by atoms with Gasteiger partial charge in [0.1, 0.15) is 11.4 Å². The van der Waals surface area contributed by atoms with Crippen LogP contribution in [0.4, 0.5) is 0 Å². The zero-order chi connectivity index (χ0) is 22.2. The molecule has 1 saturated heterocycles. The predicted octanol–water partition coefficient (Wildman–Crippen LogP) is 1.92. The van der Waals surface area contributed by atoms with Gasteiger partial charge >= 0.3 is 0 Å². The van der Waals surface area contributed by atoms with Crippen molar-refractivity contribution in [2.45, 2.75) is 52.2 Å². The monoisotopic (exact) mass is 444 g/mol. The molecule has 0 aromatic carbocycles. The van der Waals surface area contributed by atoms with Crippen molar-refractivity contribution in [2.75, 3.05) is 13.1 Å². The number of carbonyl (C=O) groups is 1. The molecule has 4 rings (SSSR count). The lowest BCUT2D eigenvalue weighted by Gasteiger charge is -2.35. The van der Waals surface area contributed by atoms with Crippen LogP contribution in [-0.4, -0.2) is 56.2 Å². The number of amides is 1. The van der Waals surface area contributed by atoms with E-state index in [0.717, 1.165) is 42.3 Å². The SMILES string of the molecule is CC(=O)N[C@H]1CCN(C2=CN(NC(C)(C)C)C=C3C2=NNN3Cc2ncccc2Cl)C1. The van der Waals surface area contributed by atoms with Gasteiger partial charge in [0.2, 0.25) is 5.91 Å². The number of hydrogen-bond acceptors (Lipinski definition) is 8. The van der Waals surface area contributed by atoms with Crippen LogP contribution in [0.2, 0.25) is 5.02 Å². The van der Waals surface area contributed by atoms with Gasteiger partial charge in [-0.25, -0.2) is 11.0 Å². The summed E-state index contributed by atoms with van der Waals surface area (Å²) in [5.74, 6) is -0.000581. The van der Waals surface area contributed by atoms with E-state index in [1.807, 2.05) is 28.4 Å². The third-order valence-corrected chi connectivity index (χ3v) is 5.47. The molecule has 0 radical (unpaired) electrons. The highest BCUT2D eigenvalue weighted by Gasteiger charge is 2.36. The first-order valence-corrected chi connectivity index (χ1v) is 10.8. The summed E-state index contributed by atoms with van der Waals surface area (Å²) < 4.78 is 0. The summed E-state index contributed by atoms with van der Waals surface area (Å²) in [7, 11) is 0. The van der Waals surface area contributed by atoms with Crippen LogP contribution < -0.4 is 16.3 Å². The number of halogens is 1. The van der Waals surface area contributed by atoms with Crippen LogP contribution in [0, 0.1) is 0 Å². The van der Waals surface area contributed by atoms with Crippen molar-refractivity contribution >= 4 is 23.2 Å². The number of carbonyl (C=O) groups excluding carboxylic acids is 1. The molecule has 166 valence electrons. The molecule has 1 atom stereocenters. The lowest BCUT2D eigenvalue weighted by atomic mass is 10.1. The number of aromatic nitrogens is 1. The zero-order valence-corrected chi connectivity index (χ0v) is 19.1. The summed E-state index contributed by atoms with van der Waals surface area (Å²) in [6.07, 6.45) is 6.71. The molecule has 4 heterocycles. The number of likely N-dealkylation sites (tertiary alicyclic amines) is 1. The van der Waals surface area contributed by atoms with Crippen molar-refractivity contribution in [1.29, 1.82) is 0 Å². The van der Waals surface area contributed by atoms with Crippen LogP contribution in [0.15, 0.2) is 47.2 Å². The van der Waals surface area contributed by atoms with E-state index >= 15 is 0 Å². The van der Waals surface area contributed by atoms with Gasteiger partial charge in [0.15, 0.2) is 0 Å². The zero-order valence-electron chi connectivity index (χ0n) is 18.3. The molecule has 0 bridgehead atoms. The molecule has 0 aliphatic carbocycles. The average molecular weight is 445 g/mol. The van der Waals surface area contributed by atoms with Gasteiger partial charge in [0.05, 0.1) is 23.0 Å². The fourth-order valence-electron chi connectivity index (χ4n) is 3.90. The normalized spacial score (nSPS) is 20.7. The summed E-state index contributed by atoms with van der Waals surface area (Å²) in [6, 6.07) is 3.79. The fourth-order valence-corrected chi connectivity index (χ4v) is 4.08. The summed E-state index contributed by atoms with van der Waals surface area (Å²) in [5, 5.41) is 12.2. The quantitative estimate of drug-likeness (QED) is 0.639. The number of hydrazine groups is 2. The maximum absolute atomic E-state index is 11.5. The summed E-state index contributed by atoms with van der Waals surface area (Å²) in [5.41, 5.74) is 10.1. The first-order chi connectivity index (χ1) is 14.7. The molecule has 0 spiro atoms. The largest absolute Gasteiger partial charge is 0.366 e. The first kappa shape index (κ1) is 21.5. The number of nitrogens with one attached hydrogen (secondary N) is 3. The second-order valence-electron chi connectivity index (χ2n) is 9.01. The lowest BCUT2D eigenvalue weighted by Crippen LogP contribution is -2.47. The molecule has 3 aliphatic heterocycles. The standard InChI is InChI=1S/C21H29ClN8O/c1-14(31)24-15-7-9-28(10-15)18-12-29(26-21(2,3)4)13-19-20(18)25-27-30(19)11-17-16(22)6-5-8-23-17/h5-6,8,12-13,15,26-27H,7,9-11H2,1-4H3,(H,24,31)/t15-/m0/s1. The minimum Gasteiger partial charge on any atom is -0.366 e. The van der Waals surface area contributed by atoms with Gasteiger partial charge in [-0.2, -0.15) is 5.10 Å². The van der Waals surface area contributed by atoms with E-state index in [1.165, 1.54) is 0 Å². The third-order valence-electron chi connectivity index (χ3n) is 5.12. The number of rotatable bonds is 5. The second-order valence-corrected chi connectivity index (χ2v) is 9.42. The number of nitrogens with zero attached hydrogens (tertiary/aromatic N) is 5. The Morgan fingerprint density at radius 3 is 2.81 bits per heavy atom. The van der Waals surface area contributed by atoms with Crippen molar-refractivity contribution in [3.8, 4) is 0 Å². The molecule has 9 nitrogen and oxygen atoms in total. The Bertz CT molecular complexity index is 951. The first-order valence-electron chi connectivity index (χ1n) is 10.4. The molecule has 0 saturated carbocycles. The van der Waals surface area contributed by atoms with E-state index in [1.54, 1.807) is 13.1 Å². The van der Waals surface area contributed by atoms with Crippen LogP contribution in [0.1, 0.15) is 39.8 Å². The minimum absolute atomic E-state index is 0.000581. The lowest BCUT2D eigenvalue weighted by molar-refractivity contribution is -0.119. The molecule has 3 aliphatic rings. The van der Waals surface area contributed by atoms with E-state index in [4.69, 9.17) is 11.6 Å².